The standard InChI is InChI=1S/C24H15FN4O5/c25-16-6-2-1-5-15(16)20-19(21(30)13-9-11-14(12-10-13)29(33)34)22(31)23(32)28(20)24-26-17-7-3-4-8-18(17)27-24/h1-12,20,30H,(H,26,27)/b21-19+. The minimum absolute atomic E-state index is 0.0132. The fraction of sp³-hybridized carbons (Fsp3) is 0.0417. The first-order chi connectivity index (χ1) is 16.4. The maximum Gasteiger partial charge on any atom is 0.302 e. The number of anilines is 1. The molecule has 0 spiro atoms. The number of nitrogens with one attached hydrogen (secondary N) is 1. The number of nitrogens with zero attached hydrogens (tertiary/aromatic N) is 3. The summed E-state index contributed by atoms with van der Waals surface area (Å²) in [5.41, 5.74) is 0.596. The van der Waals surface area contributed by atoms with Gasteiger partial charge in [-0.2, -0.15) is 0 Å². The highest BCUT2D eigenvalue weighted by molar-refractivity contribution is 6.51. The Bertz CT molecular complexity index is 1480. The van der Waals surface area contributed by atoms with Crippen LogP contribution in [0.15, 0.2) is 78.4 Å². The number of H-pyrrole nitrogens is 1. The van der Waals surface area contributed by atoms with Gasteiger partial charge in [0.2, 0.25) is 5.95 Å². The Morgan fingerprint density at radius 2 is 1.71 bits per heavy atom. The summed E-state index contributed by atoms with van der Waals surface area (Å²) in [6.07, 6.45) is 0. The zero-order valence-electron chi connectivity index (χ0n) is 17.3. The maximum atomic E-state index is 14.9. The van der Waals surface area contributed by atoms with Crippen molar-refractivity contribution in [1.29, 1.82) is 0 Å². The van der Waals surface area contributed by atoms with E-state index >= 15 is 0 Å². The van der Waals surface area contributed by atoms with E-state index in [2.05, 4.69) is 9.97 Å². The van der Waals surface area contributed by atoms with E-state index in [9.17, 15) is 29.2 Å². The van der Waals surface area contributed by atoms with Gasteiger partial charge >= 0.3 is 5.91 Å². The lowest BCUT2D eigenvalue weighted by molar-refractivity contribution is -0.384. The summed E-state index contributed by atoms with van der Waals surface area (Å²) < 4.78 is 14.9. The molecule has 168 valence electrons. The van der Waals surface area contributed by atoms with Crippen LogP contribution in [0, 0.1) is 15.9 Å². The van der Waals surface area contributed by atoms with Crippen LogP contribution in [0.5, 0.6) is 0 Å². The molecular formula is C24H15FN4O5. The number of aliphatic hydroxyl groups excluding tert-OH is 1. The number of para-hydroxylation sites is 2. The van der Waals surface area contributed by atoms with Crippen LogP contribution in [0.1, 0.15) is 17.2 Å². The second-order valence-corrected chi connectivity index (χ2v) is 7.57. The molecule has 1 aliphatic rings. The minimum Gasteiger partial charge on any atom is -0.507 e. The number of Topliss-reactive ketones (excluding diaryl/α,β-unsaturated/α-hetero) is 1. The molecule has 10 heteroatoms. The Morgan fingerprint density at radius 3 is 2.38 bits per heavy atom. The molecule has 9 nitrogen and oxygen atoms in total. The number of aromatic amines is 1. The summed E-state index contributed by atoms with van der Waals surface area (Å²) >= 11 is 0. The molecule has 1 fully saturated rings. The van der Waals surface area contributed by atoms with Gasteiger partial charge in [0.25, 0.3) is 11.5 Å². The number of rotatable bonds is 4. The Morgan fingerprint density at radius 1 is 1.03 bits per heavy atom. The van der Waals surface area contributed by atoms with E-state index in [0.717, 1.165) is 17.0 Å². The molecule has 1 aliphatic heterocycles. The molecule has 1 atom stereocenters. The molecule has 0 radical (unpaired) electrons. The van der Waals surface area contributed by atoms with Gasteiger partial charge in [-0.05, 0) is 30.3 Å². The normalized spacial score (nSPS) is 17.4. The zero-order valence-corrected chi connectivity index (χ0v) is 17.3. The molecule has 2 N–H and O–H groups in total. The van der Waals surface area contributed by atoms with Crippen molar-refractivity contribution in [3.63, 3.8) is 0 Å². The van der Waals surface area contributed by atoms with Crippen LogP contribution in [0.3, 0.4) is 0 Å². The van der Waals surface area contributed by atoms with Gasteiger partial charge in [0.1, 0.15) is 17.6 Å². The molecular weight excluding hydrogens is 443 g/mol. The molecule has 1 unspecified atom stereocenters. The number of amides is 1. The topological polar surface area (TPSA) is 129 Å². The highest BCUT2D eigenvalue weighted by atomic mass is 19.1. The lowest BCUT2D eigenvalue weighted by Gasteiger charge is -2.23. The number of benzene rings is 3. The third-order valence-electron chi connectivity index (χ3n) is 5.60. The first-order valence-corrected chi connectivity index (χ1v) is 10.1. The number of hydrogen-bond acceptors (Lipinski definition) is 6. The average molecular weight is 458 g/mol. The van der Waals surface area contributed by atoms with Crippen molar-refractivity contribution in [3.8, 4) is 0 Å². The molecule has 34 heavy (non-hydrogen) atoms. The third-order valence-corrected chi connectivity index (χ3v) is 5.60. The van der Waals surface area contributed by atoms with Gasteiger partial charge in [-0.25, -0.2) is 9.37 Å². The van der Waals surface area contributed by atoms with Crippen LogP contribution in [0.2, 0.25) is 0 Å². The maximum absolute atomic E-state index is 14.9. The van der Waals surface area contributed by atoms with E-state index in [0.29, 0.717) is 11.0 Å². The molecule has 2 heterocycles. The van der Waals surface area contributed by atoms with E-state index in [1.165, 1.54) is 30.3 Å². The van der Waals surface area contributed by atoms with Gasteiger partial charge in [-0.1, -0.05) is 30.3 Å². The molecule has 0 bridgehead atoms. The predicted molar refractivity (Wildman–Crippen MR) is 120 cm³/mol. The minimum atomic E-state index is -1.32. The van der Waals surface area contributed by atoms with Gasteiger partial charge in [0.15, 0.2) is 0 Å². The van der Waals surface area contributed by atoms with Crippen LogP contribution < -0.4 is 4.90 Å². The fourth-order valence-corrected chi connectivity index (χ4v) is 3.99. The number of carbonyl (C=O) groups excluding carboxylic acids is 2. The highest BCUT2D eigenvalue weighted by Gasteiger charge is 2.49. The molecule has 4 aromatic rings. The Hall–Kier alpha value is -4.86. The van der Waals surface area contributed by atoms with Crippen molar-refractivity contribution < 1.29 is 24.0 Å². The average Bonchev–Trinajstić information content (AvgIpc) is 3.37. The molecule has 0 saturated carbocycles. The Kier molecular flexibility index (Phi) is 4.90. The molecule has 1 amide bonds. The van der Waals surface area contributed by atoms with E-state index in [1.807, 2.05) is 0 Å². The molecule has 1 aromatic heterocycles. The van der Waals surface area contributed by atoms with Crippen molar-refractivity contribution in [2.24, 2.45) is 0 Å². The first-order valence-electron chi connectivity index (χ1n) is 10.1. The summed E-state index contributed by atoms with van der Waals surface area (Å²) in [6, 6.07) is 16.0. The van der Waals surface area contributed by atoms with Crippen molar-refractivity contribution in [3.05, 3.63) is 105 Å². The van der Waals surface area contributed by atoms with E-state index in [4.69, 9.17) is 0 Å². The molecule has 3 aromatic carbocycles. The highest BCUT2D eigenvalue weighted by Crippen LogP contribution is 2.42. The van der Waals surface area contributed by atoms with E-state index in [-0.39, 0.29) is 28.3 Å². The first kappa shape index (κ1) is 21.0. The summed E-state index contributed by atoms with van der Waals surface area (Å²) in [7, 11) is 0. The quantitative estimate of drug-likeness (QED) is 0.155. The van der Waals surface area contributed by atoms with Crippen molar-refractivity contribution in [2.75, 3.05) is 4.90 Å². The number of aliphatic hydroxyl groups is 1. The Balaban J connectivity index is 1.72. The largest absolute Gasteiger partial charge is 0.507 e. The van der Waals surface area contributed by atoms with Crippen LogP contribution in [0.25, 0.3) is 16.8 Å². The number of carbonyl (C=O) groups is 2. The number of aromatic nitrogens is 2. The number of fused-ring (bicyclic) bond motifs is 1. The zero-order chi connectivity index (χ0) is 24.0. The number of nitro benzene ring substituents is 1. The van der Waals surface area contributed by atoms with Crippen molar-refractivity contribution in [1.82, 2.24) is 9.97 Å². The molecule has 0 aliphatic carbocycles. The van der Waals surface area contributed by atoms with Crippen molar-refractivity contribution in [2.45, 2.75) is 6.04 Å². The van der Waals surface area contributed by atoms with Gasteiger partial charge in [-0.3, -0.25) is 24.6 Å². The number of imidazole rings is 1. The monoisotopic (exact) mass is 458 g/mol. The lowest BCUT2D eigenvalue weighted by Crippen LogP contribution is -2.30. The fourth-order valence-electron chi connectivity index (χ4n) is 3.99. The lowest BCUT2D eigenvalue weighted by atomic mass is 9.95. The predicted octanol–water partition coefficient (Wildman–Crippen LogP) is 4.24. The molecule has 5 rings (SSSR count). The number of halogens is 1. The second kappa shape index (κ2) is 7.93. The van der Waals surface area contributed by atoms with Gasteiger partial charge in [-0.15, -0.1) is 0 Å². The number of hydrogen-bond donors (Lipinski definition) is 2. The summed E-state index contributed by atoms with van der Waals surface area (Å²) in [5, 5.41) is 22.0. The summed E-state index contributed by atoms with van der Waals surface area (Å²) in [4.78, 5) is 44.9. The third kappa shape index (κ3) is 3.28. The van der Waals surface area contributed by atoms with Crippen LogP contribution >= 0.6 is 0 Å². The summed E-state index contributed by atoms with van der Waals surface area (Å²) in [5.74, 6) is -3.30. The van der Waals surface area contributed by atoms with Crippen LogP contribution in [0.4, 0.5) is 16.0 Å². The Labute approximate surface area is 190 Å². The number of nitro groups is 1. The SMILES string of the molecule is O=C1C(=O)N(c2nc3ccccc3[nH]2)C(c2ccccc2F)/C1=C(\O)c1ccc([N+](=O)[O-])cc1. The van der Waals surface area contributed by atoms with E-state index < -0.39 is 34.2 Å². The second-order valence-electron chi connectivity index (χ2n) is 7.57. The smallest absolute Gasteiger partial charge is 0.302 e. The van der Waals surface area contributed by atoms with E-state index in [1.54, 1.807) is 30.3 Å². The van der Waals surface area contributed by atoms with Crippen LogP contribution in [-0.4, -0.2) is 31.7 Å². The summed E-state index contributed by atoms with van der Waals surface area (Å²) in [6.45, 7) is 0. The number of non-ortho nitro benzene ring substituents is 1. The number of ketones is 1. The van der Waals surface area contributed by atoms with Gasteiger partial charge in [0.05, 0.1) is 21.5 Å². The van der Waals surface area contributed by atoms with Gasteiger partial charge in [0, 0.05) is 23.3 Å². The van der Waals surface area contributed by atoms with Crippen molar-refractivity contribution >= 4 is 40.1 Å². The van der Waals surface area contributed by atoms with Gasteiger partial charge < -0.3 is 10.1 Å². The molecule has 1 saturated heterocycles. The van der Waals surface area contributed by atoms with Crippen LogP contribution in [-0.2, 0) is 9.59 Å².